The molecule has 0 spiro atoms. The Morgan fingerprint density at radius 1 is 1.44 bits per heavy atom. The Morgan fingerprint density at radius 2 is 2.06 bits per heavy atom. The predicted molar refractivity (Wildman–Crippen MR) is 68.5 cm³/mol. The molecule has 0 amide bonds. The maximum absolute atomic E-state index is 9.82. The Balaban J connectivity index is 2.98. The maximum Gasteiger partial charge on any atom is 0.168 e. The molecule has 0 bridgehead atoms. The molecule has 2 atom stereocenters. The molecule has 1 aromatic carbocycles. The van der Waals surface area contributed by atoms with Gasteiger partial charge in [-0.3, -0.25) is 0 Å². The van der Waals surface area contributed by atoms with E-state index in [4.69, 9.17) is 29.6 Å². The lowest BCUT2D eigenvalue weighted by Crippen LogP contribution is -2.24. The topological polar surface area (TPSA) is 78.5 Å². The third-order valence-corrected chi connectivity index (χ3v) is 2.48. The van der Waals surface area contributed by atoms with Gasteiger partial charge in [0.2, 0.25) is 0 Å². The van der Waals surface area contributed by atoms with Gasteiger partial charge in [0.1, 0.15) is 6.10 Å². The summed E-state index contributed by atoms with van der Waals surface area (Å²) >= 11 is 10.2. The van der Waals surface area contributed by atoms with Crippen LogP contribution in [0.25, 0.3) is 0 Å². The van der Waals surface area contributed by atoms with Crippen molar-refractivity contribution in [3.8, 4) is 0 Å². The lowest BCUT2D eigenvalue weighted by atomic mass is 10.0. The molecule has 16 heavy (non-hydrogen) atoms. The zero-order chi connectivity index (χ0) is 12.1. The first kappa shape index (κ1) is 13.2. The Labute approximate surface area is 104 Å². The lowest BCUT2D eigenvalue weighted by Gasteiger charge is -2.19. The van der Waals surface area contributed by atoms with Crippen LogP contribution in [0.2, 0.25) is 0 Å². The van der Waals surface area contributed by atoms with Crippen molar-refractivity contribution in [2.24, 2.45) is 5.73 Å². The van der Waals surface area contributed by atoms with Crippen molar-refractivity contribution in [2.75, 3.05) is 11.2 Å². The van der Waals surface area contributed by atoms with E-state index in [0.717, 1.165) is 0 Å². The first-order valence-electron chi connectivity index (χ1n) is 4.63. The summed E-state index contributed by atoms with van der Waals surface area (Å²) in [6.45, 7) is 0. The molecule has 0 aliphatic rings. The number of nitrogens with one attached hydrogen (secondary N) is 1. The predicted octanol–water partition coefficient (Wildman–Crippen LogP) is 0.975. The monoisotopic (exact) mass is 260 g/mol. The van der Waals surface area contributed by atoms with Crippen molar-refractivity contribution >= 4 is 34.6 Å². The number of anilines is 1. The summed E-state index contributed by atoms with van der Waals surface area (Å²) in [7, 11) is 0. The number of aliphatic hydroxyl groups excluding tert-OH is 2. The molecule has 0 aliphatic carbocycles. The van der Waals surface area contributed by atoms with Gasteiger partial charge in [0, 0.05) is 11.3 Å². The summed E-state index contributed by atoms with van der Waals surface area (Å²) in [6, 6.07) is 6.88. The largest absolute Gasteiger partial charge is 0.389 e. The minimum atomic E-state index is -1.07. The molecule has 0 radical (unpaired) electrons. The highest BCUT2D eigenvalue weighted by Gasteiger charge is 2.20. The third kappa shape index (κ3) is 3.31. The van der Waals surface area contributed by atoms with Gasteiger partial charge in [0.05, 0.1) is 12.0 Å². The second kappa shape index (κ2) is 6.00. The van der Waals surface area contributed by atoms with E-state index in [1.165, 1.54) is 0 Å². The van der Waals surface area contributed by atoms with Gasteiger partial charge in [-0.05, 0) is 18.3 Å². The molecule has 0 heterocycles. The second-order valence-corrected chi connectivity index (χ2v) is 3.99. The van der Waals surface area contributed by atoms with Crippen molar-refractivity contribution in [3.63, 3.8) is 0 Å². The van der Waals surface area contributed by atoms with Gasteiger partial charge in [-0.15, -0.1) is 11.6 Å². The van der Waals surface area contributed by atoms with Gasteiger partial charge in [0.25, 0.3) is 0 Å². The van der Waals surface area contributed by atoms with Gasteiger partial charge in [-0.2, -0.15) is 0 Å². The van der Waals surface area contributed by atoms with Crippen LogP contribution < -0.4 is 11.1 Å². The van der Waals surface area contributed by atoms with Crippen molar-refractivity contribution in [3.05, 3.63) is 29.8 Å². The van der Waals surface area contributed by atoms with Crippen LogP contribution in [0, 0.1) is 0 Å². The standard InChI is InChI=1S/C10H13ClN2O2S/c11-5-8(14)9(15)6-3-1-2-4-7(6)13-10(12)16/h1-4,8-9,14-15H,5H2,(H3,12,13,16). The molecule has 0 fully saturated rings. The van der Waals surface area contributed by atoms with Crippen LogP contribution >= 0.6 is 23.8 Å². The molecule has 0 saturated carbocycles. The van der Waals surface area contributed by atoms with E-state index in [2.05, 4.69) is 5.32 Å². The minimum absolute atomic E-state index is 0.0530. The van der Waals surface area contributed by atoms with Crippen LogP contribution in [0.3, 0.4) is 0 Å². The number of rotatable bonds is 4. The summed E-state index contributed by atoms with van der Waals surface area (Å²) in [5, 5.41) is 22.1. The van der Waals surface area contributed by atoms with E-state index in [0.29, 0.717) is 11.3 Å². The van der Waals surface area contributed by atoms with Gasteiger partial charge >= 0.3 is 0 Å². The van der Waals surface area contributed by atoms with E-state index in [1.807, 2.05) is 0 Å². The average molecular weight is 261 g/mol. The summed E-state index contributed by atoms with van der Waals surface area (Å²) in [4.78, 5) is 0. The third-order valence-electron chi connectivity index (χ3n) is 2.06. The fourth-order valence-electron chi connectivity index (χ4n) is 1.29. The van der Waals surface area contributed by atoms with Crippen molar-refractivity contribution in [1.82, 2.24) is 0 Å². The number of hydrogen-bond acceptors (Lipinski definition) is 3. The fourth-order valence-corrected chi connectivity index (χ4v) is 1.57. The normalized spacial score (nSPS) is 14.2. The van der Waals surface area contributed by atoms with E-state index in [1.54, 1.807) is 24.3 Å². The van der Waals surface area contributed by atoms with Crippen molar-refractivity contribution < 1.29 is 10.2 Å². The van der Waals surface area contributed by atoms with Crippen molar-refractivity contribution in [1.29, 1.82) is 0 Å². The quantitative estimate of drug-likeness (QED) is 0.479. The molecular formula is C10H13ClN2O2S. The first-order valence-corrected chi connectivity index (χ1v) is 5.58. The van der Waals surface area contributed by atoms with E-state index >= 15 is 0 Å². The number of hydrogen-bond donors (Lipinski definition) is 4. The summed E-state index contributed by atoms with van der Waals surface area (Å²) < 4.78 is 0. The highest BCUT2D eigenvalue weighted by atomic mass is 35.5. The number of nitrogens with two attached hydrogens (primary N) is 1. The van der Waals surface area contributed by atoms with Crippen LogP contribution in [0.5, 0.6) is 0 Å². The van der Waals surface area contributed by atoms with Gasteiger partial charge in [-0.25, -0.2) is 0 Å². The van der Waals surface area contributed by atoms with Gasteiger partial charge in [-0.1, -0.05) is 18.2 Å². The van der Waals surface area contributed by atoms with Crippen molar-refractivity contribution in [2.45, 2.75) is 12.2 Å². The van der Waals surface area contributed by atoms with Crippen LogP contribution in [-0.2, 0) is 0 Å². The lowest BCUT2D eigenvalue weighted by molar-refractivity contribution is 0.0332. The summed E-state index contributed by atoms with van der Waals surface area (Å²) in [5.74, 6) is -0.0530. The van der Waals surface area contributed by atoms with Gasteiger partial charge in [0.15, 0.2) is 5.11 Å². The second-order valence-electron chi connectivity index (χ2n) is 3.24. The first-order chi connectivity index (χ1) is 7.56. The molecule has 0 aromatic heterocycles. The van der Waals surface area contributed by atoms with E-state index < -0.39 is 12.2 Å². The average Bonchev–Trinajstić information content (AvgIpc) is 2.27. The zero-order valence-corrected chi connectivity index (χ0v) is 10.0. The molecule has 1 aromatic rings. The number of halogens is 1. The molecule has 88 valence electrons. The number of alkyl halides is 1. The highest BCUT2D eigenvalue weighted by molar-refractivity contribution is 7.80. The number of para-hydroxylation sites is 1. The smallest absolute Gasteiger partial charge is 0.168 e. The van der Waals surface area contributed by atoms with E-state index in [-0.39, 0.29) is 11.0 Å². The van der Waals surface area contributed by atoms with Crippen LogP contribution in [0.1, 0.15) is 11.7 Å². The molecular weight excluding hydrogens is 248 g/mol. The maximum atomic E-state index is 9.82. The summed E-state index contributed by atoms with van der Waals surface area (Å²) in [5.41, 5.74) is 6.42. The molecule has 0 saturated heterocycles. The molecule has 4 nitrogen and oxygen atoms in total. The Hall–Kier alpha value is -0.880. The number of aliphatic hydroxyl groups is 2. The molecule has 6 heteroatoms. The zero-order valence-electron chi connectivity index (χ0n) is 8.43. The summed E-state index contributed by atoms with van der Waals surface area (Å²) in [6.07, 6.45) is -2.11. The number of thiocarbonyl (C=S) groups is 1. The molecule has 5 N–H and O–H groups in total. The molecule has 2 unspecified atom stereocenters. The van der Waals surface area contributed by atoms with Crippen LogP contribution in [-0.4, -0.2) is 27.3 Å². The Morgan fingerprint density at radius 3 is 2.62 bits per heavy atom. The van der Waals surface area contributed by atoms with Crippen LogP contribution in [0.15, 0.2) is 24.3 Å². The Bertz CT molecular complexity index is 376. The minimum Gasteiger partial charge on any atom is -0.389 e. The SMILES string of the molecule is NC(=S)Nc1ccccc1C(O)C(O)CCl. The highest BCUT2D eigenvalue weighted by Crippen LogP contribution is 2.25. The number of benzene rings is 1. The molecule has 1 rings (SSSR count). The molecule has 0 aliphatic heterocycles. The van der Waals surface area contributed by atoms with Crippen LogP contribution in [0.4, 0.5) is 5.69 Å². The van der Waals surface area contributed by atoms with Gasteiger partial charge < -0.3 is 21.3 Å². The Kier molecular flexibility index (Phi) is 4.95. The fraction of sp³-hybridized carbons (Fsp3) is 0.300. The van der Waals surface area contributed by atoms with E-state index in [9.17, 15) is 10.2 Å².